The first-order valence-corrected chi connectivity index (χ1v) is 5.01. The molecule has 1 heterocycles. The summed E-state index contributed by atoms with van der Waals surface area (Å²) in [6, 6.07) is 0. The molecule has 2 N–H and O–H groups in total. The first-order chi connectivity index (χ1) is 6.29. The molecule has 1 fully saturated rings. The minimum atomic E-state index is -0.775. The zero-order valence-electron chi connectivity index (χ0n) is 9.46. The molecule has 4 nitrogen and oxygen atoms in total. The molecule has 1 aliphatic rings. The van der Waals surface area contributed by atoms with E-state index < -0.39 is 5.54 Å². The normalized spacial score (nSPS) is 21.5. The van der Waals surface area contributed by atoms with Gasteiger partial charge in [0.2, 0.25) is 0 Å². The molecule has 0 aromatic carbocycles. The van der Waals surface area contributed by atoms with Crippen LogP contribution in [-0.4, -0.2) is 41.6 Å². The lowest BCUT2D eigenvalue weighted by atomic mass is 9.86. The molecule has 0 aliphatic carbocycles. The monoisotopic (exact) mass is 200 g/mol. The van der Waals surface area contributed by atoms with Crippen LogP contribution >= 0.6 is 0 Å². The Balaban J connectivity index is 2.49. The molecule has 14 heavy (non-hydrogen) atoms. The number of hydrogen-bond donors (Lipinski definition) is 1. The SMILES string of the molecule is CCOC(=O)C1(N)CN(C(C)(C)C)C1. The number of carbonyl (C=O) groups is 1. The van der Waals surface area contributed by atoms with Crippen LogP contribution in [0.1, 0.15) is 27.7 Å². The van der Waals surface area contributed by atoms with Gasteiger partial charge in [-0.3, -0.25) is 4.90 Å². The highest BCUT2D eigenvalue weighted by Crippen LogP contribution is 2.27. The Morgan fingerprint density at radius 1 is 1.50 bits per heavy atom. The van der Waals surface area contributed by atoms with Gasteiger partial charge in [-0.05, 0) is 27.7 Å². The molecule has 0 atom stereocenters. The van der Waals surface area contributed by atoms with E-state index in [4.69, 9.17) is 10.5 Å². The predicted octanol–water partition coefficient (Wildman–Crippen LogP) is 0.361. The van der Waals surface area contributed by atoms with E-state index in [-0.39, 0.29) is 11.5 Å². The van der Waals surface area contributed by atoms with Crippen molar-refractivity contribution in [1.29, 1.82) is 0 Å². The van der Waals surface area contributed by atoms with Gasteiger partial charge in [0.1, 0.15) is 5.54 Å². The number of nitrogens with two attached hydrogens (primary N) is 1. The van der Waals surface area contributed by atoms with E-state index in [1.54, 1.807) is 6.92 Å². The van der Waals surface area contributed by atoms with Crippen molar-refractivity contribution in [1.82, 2.24) is 4.90 Å². The summed E-state index contributed by atoms with van der Waals surface area (Å²) >= 11 is 0. The van der Waals surface area contributed by atoms with Gasteiger partial charge in [0.25, 0.3) is 0 Å². The molecular weight excluding hydrogens is 180 g/mol. The van der Waals surface area contributed by atoms with Crippen LogP contribution in [0.3, 0.4) is 0 Å². The van der Waals surface area contributed by atoms with Gasteiger partial charge < -0.3 is 10.5 Å². The largest absolute Gasteiger partial charge is 0.465 e. The fourth-order valence-corrected chi connectivity index (χ4v) is 1.51. The summed E-state index contributed by atoms with van der Waals surface area (Å²) in [7, 11) is 0. The minimum Gasteiger partial charge on any atom is -0.465 e. The summed E-state index contributed by atoms with van der Waals surface area (Å²) in [5, 5.41) is 0. The third-order valence-electron chi connectivity index (χ3n) is 2.58. The summed E-state index contributed by atoms with van der Waals surface area (Å²) in [6.45, 7) is 9.70. The van der Waals surface area contributed by atoms with Crippen LogP contribution in [0, 0.1) is 0 Å². The number of nitrogens with zero attached hydrogens (tertiary/aromatic N) is 1. The second kappa shape index (κ2) is 3.51. The number of rotatable bonds is 2. The van der Waals surface area contributed by atoms with Gasteiger partial charge in [0, 0.05) is 18.6 Å². The van der Waals surface area contributed by atoms with Crippen LogP contribution in [-0.2, 0) is 9.53 Å². The van der Waals surface area contributed by atoms with Crippen molar-refractivity contribution < 1.29 is 9.53 Å². The van der Waals surface area contributed by atoms with E-state index >= 15 is 0 Å². The molecule has 4 heteroatoms. The van der Waals surface area contributed by atoms with Crippen molar-refractivity contribution in [3.05, 3.63) is 0 Å². The van der Waals surface area contributed by atoms with Crippen molar-refractivity contribution >= 4 is 5.97 Å². The number of esters is 1. The van der Waals surface area contributed by atoms with E-state index in [0.717, 1.165) is 0 Å². The first kappa shape index (κ1) is 11.5. The van der Waals surface area contributed by atoms with Crippen molar-refractivity contribution in [2.45, 2.75) is 38.8 Å². The average Bonchev–Trinajstić information content (AvgIpc) is 1.97. The molecule has 1 rings (SSSR count). The van der Waals surface area contributed by atoms with Crippen LogP contribution in [0.5, 0.6) is 0 Å². The Labute approximate surface area is 85.4 Å². The van der Waals surface area contributed by atoms with Gasteiger partial charge in [-0.1, -0.05) is 0 Å². The summed E-state index contributed by atoms with van der Waals surface area (Å²) in [6.07, 6.45) is 0. The van der Waals surface area contributed by atoms with E-state index in [1.807, 2.05) is 0 Å². The van der Waals surface area contributed by atoms with Crippen molar-refractivity contribution in [2.75, 3.05) is 19.7 Å². The molecular formula is C10H20N2O2. The highest BCUT2D eigenvalue weighted by atomic mass is 16.5. The molecule has 0 aromatic heterocycles. The quantitative estimate of drug-likeness (QED) is 0.654. The Bertz CT molecular complexity index is 227. The maximum absolute atomic E-state index is 11.4. The lowest BCUT2D eigenvalue weighted by Gasteiger charge is -2.51. The van der Waals surface area contributed by atoms with E-state index in [2.05, 4.69) is 25.7 Å². The lowest BCUT2D eigenvalue weighted by molar-refractivity contribution is -0.159. The van der Waals surface area contributed by atoms with E-state index in [9.17, 15) is 4.79 Å². The highest BCUT2D eigenvalue weighted by molar-refractivity contribution is 5.82. The molecule has 1 aliphatic heterocycles. The Morgan fingerprint density at radius 3 is 2.36 bits per heavy atom. The molecule has 82 valence electrons. The van der Waals surface area contributed by atoms with Gasteiger partial charge in [0.05, 0.1) is 6.61 Å². The predicted molar refractivity (Wildman–Crippen MR) is 54.9 cm³/mol. The fourth-order valence-electron chi connectivity index (χ4n) is 1.51. The molecule has 0 saturated carbocycles. The van der Waals surface area contributed by atoms with Gasteiger partial charge in [0.15, 0.2) is 0 Å². The van der Waals surface area contributed by atoms with Crippen LogP contribution < -0.4 is 5.73 Å². The topological polar surface area (TPSA) is 55.6 Å². The van der Waals surface area contributed by atoms with Crippen LogP contribution in [0.4, 0.5) is 0 Å². The number of likely N-dealkylation sites (tertiary alicyclic amines) is 1. The van der Waals surface area contributed by atoms with Gasteiger partial charge >= 0.3 is 5.97 Å². The maximum Gasteiger partial charge on any atom is 0.328 e. The second-order valence-electron chi connectivity index (χ2n) is 4.90. The molecule has 0 spiro atoms. The molecule has 1 saturated heterocycles. The average molecular weight is 200 g/mol. The molecule has 0 aromatic rings. The van der Waals surface area contributed by atoms with Crippen LogP contribution in [0.15, 0.2) is 0 Å². The van der Waals surface area contributed by atoms with Crippen molar-refractivity contribution in [2.24, 2.45) is 5.73 Å². The standard InChI is InChI=1S/C10H20N2O2/c1-5-14-8(13)10(11)6-12(7-10)9(2,3)4/h5-7,11H2,1-4H3. The number of carbonyl (C=O) groups excluding carboxylic acids is 1. The molecule has 0 bridgehead atoms. The summed E-state index contributed by atoms with van der Waals surface area (Å²) in [5.41, 5.74) is 5.21. The van der Waals surface area contributed by atoms with E-state index in [1.165, 1.54) is 0 Å². The maximum atomic E-state index is 11.4. The Hall–Kier alpha value is -0.610. The third-order valence-corrected chi connectivity index (χ3v) is 2.58. The Kier molecular flexibility index (Phi) is 2.88. The van der Waals surface area contributed by atoms with Crippen LogP contribution in [0.25, 0.3) is 0 Å². The summed E-state index contributed by atoms with van der Waals surface area (Å²) in [4.78, 5) is 13.6. The van der Waals surface area contributed by atoms with E-state index in [0.29, 0.717) is 19.7 Å². The smallest absolute Gasteiger partial charge is 0.328 e. The van der Waals surface area contributed by atoms with Crippen molar-refractivity contribution in [3.63, 3.8) is 0 Å². The van der Waals surface area contributed by atoms with Crippen molar-refractivity contribution in [3.8, 4) is 0 Å². The number of hydrogen-bond acceptors (Lipinski definition) is 4. The van der Waals surface area contributed by atoms with Gasteiger partial charge in [-0.2, -0.15) is 0 Å². The first-order valence-electron chi connectivity index (χ1n) is 5.01. The molecule has 0 unspecified atom stereocenters. The highest BCUT2D eigenvalue weighted by Gasteiger charge is 2.50. The minimum absolute atomic E-state index is 0.0787. The summed E-state index contributed by atoms with van der Waals surface area (Å²) < 4.78 is 4.92. The fraction of sp³-hybridized carbons (Fsp3) is 0.900. The zero-order valence-corrected chi connectivity index (χ0v) is 9.46. The Morgan fingerprint density at radius 2 is 2.00 bits per heavy atom. The molecule has 0 radical (unpaired) electrons. The zero-order chi connectivity index (χ0) is 11.0. The second-order valence-corrected chi connectivity index (χ2v) is 4.90. The summed E-state index contributed by atoms with van der Waals surface area (Å²) in [5.74, 6) is -0.277. The molecule has 0 amide bonds. The van der Waals surface area contributed by atoms with Gasteiger partial charge in [-0.25, -0.2) is 4.79 Å². The van der Waals surface area contributed by atoms with Crippen LogP contribution in [0.2, 0.25) is 0 Å². The third kappa shape index (κ3) is 2.07. The lowest BCUT2D eigenvalue weighted by Crippen LogP contribution is -2.75. The van der Waals surface area contributed by atoms with Gasteiger partial charge in [-0.15, -0.1) is 0 Å². The number of ether oxygens (including phenoxy) is 1.